The highest BCUT2D eigenvalue weighted by atomic mass is 16.5. The summed E-state index contributed by atoms with van der Waals surface area (Å²) in [7, 11) is 0. The van der Waals surface area contributed by atoms with Crippen LogP contribution in [0, 0.1) is 0 Å². The van der Waals surface area contributed by atoms with Gasteiger partial charge < -0.3 is 10.5 Å². The van der Waals surface area contributed by atoms with Gasteiger partial charge >= 0.3 is 0 Å². The van der Waals surface area contributed by atoms with Gasteiger partial charge in [0.05, 0.1) is 0 Å². The Morgan fingerprint density at radius 2 is 1.75 bits per heavy atom. The number of rotatable bonds is 3. The first-order chi connectivity index (χ1) is 9.74. The number of benzene rings is 2. The van der Waals surface area contributed by atoms with Crippen LogP contribution in [0.3, 0.4) is 0 Å². The van der Waals surface area contributed by atoms with E-state index in [1.54, 1.807) is 0 Å². The molecule has 1 aliphatic rings. The topological polar surface area (TPSA) is 35.2 Å². The predicted octanol–water partition coefficient (Wildman–Crippen LogP) is 4.38. The van der Waals surface area contributed by atoms with Gasteiger partial charge in [0, 0.05) is 11.6 Å². The van der Waals surface area contributed by atoms with E-state index >= 15 is 0 Å². The van der Waals surface area contributed by atoms with Crippen LogP contribution < -0.4 is 10.5 Å². The maximum absolute atomic E-state index is 6.06. The molecule has 0 spiro atoms. The highest BCUT2D eigenvalue weighted by molar-refractivity contribution is 5.42. The summed E-state index contributed by atoms with van der Waals surface area (Å²) in [5.41, 5.74) is 9.96. The smallest absolute Gasteiger partial charge is 0.132 e. The molecule has 0 bridgehead atoms. The van der Waals surface area contributed by atoms with E-state index < -0.39 is 0 Å². The second kappa shape index (κ2) is 5.68. The van der Waals surface area contributed by atoms with Gasteiger partial charge in [-0.1, -0.05) is 24.3 Å². The van der Waals surface area contributed by atoms with Gasteiger partial charge in [0.1, 0.15) is 11.5 Å². The number of para-hydroxylation sites is 1. The lowest BCUT2D eigenvalue weighted by Crippen LogP contribution is -2.07. The molecule has 20 heavy (non-hydrogen) atoms. The zero-order chi connectivity index (χ0) is 13.9. The minimum Gasteiger partial charge on any atom is -0.457 e. The molecule has 3 rings (SSSR count). The van der Waals surface area contributed by atoms with Crippen LogP contribution in [-0.4, -0.2) is 0 Å². The lowest BCUT2D eigenvalue weighted by Gasteiger charge is -2.18. The van der Waals surface area contributed by atoms with Crippen LogP contribution >= 0.6 is 0 Å². The predicted molar refractivity (Wildman–Crippen MR) is 82.2 cm³/mol. The van der Waals surface area contributed by atoms with E-state index in [9.17, 15) is 0 Å². The number of hydrogen-bond donors (Lipinski definition) is 1. The Balaban J connectivity index is 1.88. The largest absolute Gasteiger partial charge is 0.457 e. The van der Waals surface area contributed by atoms with Gasteiger partial charge in [-0.05, 0) is 61.9 Å². The van der Waals surface area contributed by atoms with Crippen molar-refractivity contribution in [1.82, 2.24) is 0 Å². The molecule has 1 aliphatic carbocycles. The van der Waals surface area contributed by atoms with Crippen LogP contribution in [-0.2, 0) is 12.8 Å². The molecule has 0 heterocycles. The van der Waals surface area contributed by atoms with Crippen LogP contribution in [0.15, 0.2) is 42.5 Å². The number of fused-ring (bicyclic) bond motifs is 1. The molecule has 0 fully saturated rings. The first-order valence-electron chi connectivity index (χ1n) is 7.38. The summed E-state index contributed by atoms with van der Waals surface area (Å²) >= 11 is 0. The van der Waals surface area contributed by atoms with Crippen molar-refractivity contribution in [2.45, 2.75) is 38.6 Å². The average molecular weight is 267 g/mol. The Morgan fingerprint density at radius 3 is 2.55 bits per heavy atom. The molecule has 104 valence electrons. The Kier molecular flexibility index (Phi) is 3.75. The van der Waals surface area contributed by atoms with E-state index in [1.807, 2.05) is 31.2 Å². The number of hydrogen-bond acceptors (Lipinski definition) is 2. The third-order valence-electron chi connectivity index (χ3n) is 3.96. The summed E-state index contributed by atoms with van der Waals surface area (Å²) in [6.45, 7) is 1.98. The Hall–Kier alpha value is -1.80. The Morgan fingerprint density at radius 1 is 1.00 bits per heavy atom. The van der Waals surface area contributed by atoms with Crippen molar-refractivity contribution >= 4 is 0 Å². The van der Waals surface area contributed by atoms with E-state index in [4.69, 9.17) is 10.5 Å². The van der Waals surface area contributed by atoms with Gasteiger partial charge in [-0.3, -0.25) is 0 Å². The molecular formula is C18H21NO. The maximum atomic E-state index is 6.06. The average Bonchev–Trinajstić information content (AvgIpc) is 2.47. The summed E-state index contributed by atoms with van der Waals surface area (Å²) in [5, 5.41) is 0. The molecule has 0 radical (unpaired) electrons. The molecule has 2 aromatic carbocycles. The van der Waals surface area contributed by atoms with E-state index in [2.05, 4.69) is 18.2 Å². The molecular weight excluding hydrogens is 246 g/mol. The fourth-order valence-electron chi connectivity index (χ4n) is 2.85. The minimum absolute atomic E-state index is 0.0242. The molecule has 0 aliphatic heterocycles. The molecule has 0 saturated carbocycles. The summed E-state index contributed by atoms with van der Waals surface area (Å²) in [5.74, 6) is 1.78. The molecule has 0 amide bonds. The first-order valence-corrected chi connectivity index (χ1v) is 7.38. The lowest BCUT2D eigenvalue weighted by atomic mass is 9.92. The molecule has 0 unspecified atom stereocenters. The maximum Gasteiger partial charge on any atom is 0.132 e. The zero-order valence-electron chi connectivity index (χ0n) is 11.9. The Labute approximate surface area is 120 Å². The van der Waals surface area contributed by atoms with Crippen LogP contribution in [0.5, 0.6) is 11.5 Å². The highest BCUT2D eigenvalue weighted by Crippen LogP contribution is 2.31. The van der Waals surface area contributed by atoms with Gasteiger partial charge in [-0.2, -0.15) is 0 Å². The third kappa shape index (κ3) is 2.70. The van der Waals surface area contributed by atoms with E-state index in [0.717, 1.165) is 17.1 Å². The van der Waals surface area contributed by atoms with Crippen molar-refractivity contribution in [1.29, 1.82) is 0 Å². The number of ether oxygens (including phenoxy) is 1. The Bertz CT molecular complexity index is 604. The minimum atomic E-state index is -0.0242. The number of aryl methyl sites for hydroxylation is 2. The standard InChI is InChI=1S/C18H21NO/c1-13(19)17-8-4-5-9-18(17)20-16-11-10-14-6-2-3-7-15(14)12-16/h4-5,8-13H,2-3,6-7,19H2,1H3/t13-/m1/s1. The molecule has 2 heteroatoms. The normalized spacial score (nSPS) is 15.5. The quantitative estimate of drug-likeness (QED) is 0.895. The second-order valence-corrected chi connectivity index (χ2v) is 5.57. The fraction of sp³-hybridized carbons (Fsp3) is 0.333. The van der Waals surface area contributed by atoms with Crippen molar-refractivity contribution < 1.29 is 4.74 Å². The molecule has 2 aromatic rings. The van der Waals surface area contributed by atoms with Gasteiger partial charge in [-0.15, -0.1) is 0 Å². The van der Waals surface area contributed by atoms with Crippen LogP contribution in [0.1, 0.15) is 42.5 Å². The van der Waals surface area contributed by atoms with E-state index in [1.165, 1.54) is 36.8 Å². The molecule has 0 aromatic heterocycles. The van der Waals surface area contributed by atoms with Crippen molar-refractivity contribution in [2.75, 3.05) is 0 Å². The van der Waals surface area contributed by atoms with Crippen LogP contribution in [0.4, 0.5) is 0 Å². The van der Waals surface area contributed by atoms with E-state index in [0.29, 0.717) is 0 Å². The fourth-order valence-corrected chi connectivity index (χ4v) is 2.85. The van der Waals surface area contributed by atoms with E-state index in [-0.39, 0.29) is 6.04 Å². The van der Waals surface area contributed by atoms with Crippen LogP contribution in [0.2, 0.25) is 0 Å². The van der Waals surface area contributed by atoms with Gasteiger partial charge in [0.15, 0.2) is 0 Å². The van der Waals surface area contributed by atoms with Crippen molar-refractivity contribution in [2.24, 2.45) is 5.73 Å². The monoisotopic (exact) mass is 267 g/mol. The van der Waals surface area contributed by atoms with Gasteiger partial charge in [0.25, 0.3) is 0 Å². The highest BCUT2D eigenvalue weighted by Gasteiger charge is 2.12. The SMILES string of the molecule is C[C@@H](N)c1ccccc1Oc1ccc2c(c1)CCCC2. The summed E-state index contributed by atoms with van der Waals surface area (Å²) < 4.78 is 6.06. The van der Waals surface area contributed by atoms with Crippen molar-refractivity contribution in [3.63, 3.8) is 0 Å². The first kappa shape index (κ1) is 13.2. The molecule has 1 atom stereocenters. The molecule has 0 saturated heterocycles. The van der Waals surface area contributed by atoms with Crippen molar-refractivity contribution in [3.05, 3.63) is 59.2 Å². The van der Waals surface area contributed by atoms with Gasteiger partial charge in [0.2, 0.25) is 0 Å². The molecule has 2 nitrogen and oxygen atoms in total. The molecule has 2 N–H and O–H groups in total. The second-order valence-electron chi connectivity index (χ2n) is 5.57. The number of nitrogens with two attached hydrogens (primary N) is 1. The third-order valence-corrected chi connectivity index (χ3v) is 3.96. The summed E-state index contributed by atoms with van der Waals surface area (Å²) in [4.78, 5) is 0. The van der Waals surface area contributed by atoms with Crippen LogP contribution in [0.25, 0.3) is 0 Å². The summed E-state index contributed by atoms with van der Waals surface area (Å²) in [6.07, 6.45) is 4.96. The zero-order valence-corrected chi connectivity index (χ0v) is 11.9. The van der Waals surface area contributed by atoms with Crippen molar-refractivity contribution in [3.8, 4) is 11.5 Å². The van der Waals surface area contributed by atoms with Gasteiger partial charge in [-0.25, -0.2) is 0 Å². The summed E-state index contributed by atoms with van der Waals surface area (Å²) in [6, 6.07) is 14.4. The lowest BCUT2D eigenvalue weighted by molar-refractivity contribution is 0.470.